The van der Waals surface area contributed by atoms with E-state index in [0.717, 1.165) is 12.1 Å². The zero-order valence-electron chi connectivity index (χ0n) is 9.23. The van der Waals surface area contributed by atoms with Crippen LogP contribution in [0.2, 0.25) is 0 Å². The predicted octanol–water partition coefficient (Wildman–Crippen LogP) is 4.63. The van der Waals surface area contributed by atoms with Crippen LogP contribution >= 0.6 is 10.2 Å². The molecule has 1 N–H and O–H groups in total. The second-order valence-corrected chi connectivity index (χ2v) is 6.18. The lowest BCUT2D eigenvalue weighted by molar-refractivity contribution is 0.364. The van der Waals surface area contributed by atoms with Crippen LogP contribution in [-0.2, 0) is 0 Å². The molecule has 0 saturated carbocycles. The lowest BCUT2D eigenvalue weighted by atomic mass is 10.2. The predicted molar refractivity (Wildman–Crippen MR) is 63.1 cm³/mol. The van der Waals surface area contributed by atoms with Crippen LogP contribution in [0.5, 0.6) is 0 Å². The van der Waals surface area contributed by atoms with Gasteiger partial charge in [0.05, 0.1) is 6.20 Å². The van der Waals surface area contributed by atoms with Gasteiger partial charge in [-0.15, -0.1) is 0 Å². The molecule has 0 saturated heterocycles. The van der Waals surface area contributed by atoms with E-state index in [4.69, 9.17) is 0 Å². The van der Waals surface area contributed by atoms with Crippen molar-refractivity contribution < 1.29 is 19.4 Å². The van der Waals surface area contributed by atoms with E-state index in [2.05, 4.69) is 15.4 Å². The number of aromatic amines is 1. The standard InChI is InChI=1S/C10H8F5N3S/c11-19(12,13,14,15)10-5-2-8(3-6-10)1-4-9-7-16-18-17-9/h1-7H,(H,16,17,18). The van der Waals surface area contributed by atoms with Gasteiger partial charge in [0.15, 0.2) is 0 Å². The molecule has 0 fully saturated rings. The Kier molecular flexibility index (Phi) is 2.54. The fourth-order valence-electron chi connectivity index (χ4n) is 1.31. The van der Waals surface area contributed by atoms with Gasteiger partial charge in [0.25, 0.3) is 0 Å². The summed E-state index contributed by atoms with van der Waals surface area (Å²) in [5.74, 6) is 0. The van der Waals surface area contributed by atoms with Crippen LogP contribution < -0.4 is 0 Å². The first-order valence-electron chi connectivity index (χ1n) is 4.93. The molecular formula is C10H8F5N3S. The molecule has 1 aromatic carbocycles. The number of aromatic nitrogens is 3. The molecule has 0 amide bonds. The first kappa shape index (κ1) is 13.5. The molecule has 0 atom stereocenters. The van der Waals surface area contributed by atoms with Crippen LogP contribution in [-0.4, -0.2) is 15.4 Å². The number of nitrogens with zero attached hydrogens (tertiary/aromatic N) is 2. The van der Waals surface area contributed by atoms with Crippen molar-refractivity contribution in [2.24, 2.45) is 0 Å². The van der Waals surface area contributed by atoms with Crippen LogP contribution in [0.3, 0.4) is 0 Å². The summed E-state index contributed by atoms with van der Waals surface area (Å²) in [5.41, 5.74) is 0.811. The van der Waals surface area contributed by atoms with Crippen LogP contribution in [0.4, 0.5) is 19.4 Å². The third-order valence-electron chi connectivity index (χ3n) is 2.21. The van der Waals surface area contributed by atoms with Gasteiger partial charge in [-0.05, 0) is 23.8 Å². The van der Waals surface area contributed by atoms with Gasteiger partial charge in [0.2, 0.25) is 0 Å². The average molecular weight is 297 g/mol. The second-order valence-electron chi connectivity index (χ2n) is 3.77. The molecule has 104 valence electrons. The third-order valence-corrected chi connectivity index (χ3v) is 3.37. The Bertz CT molecular complexity index is 601. The van der Waals surface area contributed by atoms with Gasteiger partial charge in [-0.3, -0.25) is 0 Å². The van der Waals surface area contributed by atoms with E-state index in [1.165, 1.54) is 18.3 Å². The van der Waals surface area contributed by atoms with Crippen molar-refractivity contribution in [2.45, 2.75) is 4.90 Å². The molecule has 9 heteroatoms. The number of hydrogen-bond acceptors (Lipinski definition) is 2. The minimum atomic E-state index is -9.59. The summed E-state index contributed by atoms with van der Waals surface area (Å²) >= 11 is 0. The molecule has 1 aromatic heterocycles. The van der Waals surface area contributed by atoms with Crippen molar-refractivity contribution in [3.63, 3.8) is 0 Å². The molecule has 0 aliphatic carbocycles. The monoisotopic (exact) mass is 297 g/mol. The Hall–Kier alpha value is -1.90. The minimum Gasteiger partial charge on any atom is -0.197 e. The first-order valence-corrected chi connectivity index (χ1v) is 6.88. The molecule has 0 radical (unpaired) electrons. The van der Waals surface area contributed by atoms with E-state index < -0.39 is 15.1 Å². The summed E-state index contributed by atoms with van der Waals surface area (Å²) in [6.07, 6.45) is 4.32. The number of rotatable bonds is 3. The number of nitrogens with one attached hydrogen (secondary N) is 1. The molecule has 0 bridgehead atoms. The topological polar surface area (TPSA) is 41.6 Å². The van der Waals surface area contributed by atoms with Crippen molar-refractivity contribution >= 4 is 22.4 Å². The van der Waals surface area contributed by atoms with Gasteiger partial charge in [0, 0.05) is 0 Å². The van der Waals surface area contributed by atoms with Crippen molar-refractivity contribution in [1.29, 1.82) is 0 Å². The summed E-state index contributed by atoms with van der Waals surface area (Å²) in [6.45, 7) is 0. The van der Waals surface area contributed by atoms with Crippen molar-refractivity contribution in [3.05, 3.63) is 41.7 Å². The van der Waals surface area contributed by atoms with Crippen molar-refractivity contribution in [3.8, 4) is 0 Å². The summed E-state index contributed by atoms with van der Waals surface area (Å²) in [4.78, 5) is -1.90. The fourth-order valence-corrected chi connectivity index (χ4v) is 1.96. The molecule has 3 nitrogen and oxygen atoms in total. The molecule has 1 heterocycles. The molecule has 19 heavy (non-hydrogen) atoms. The maximum Gasteiger partial charge on any atom is 0.310 e. The van der Waals surface area contributed by atoms with Crippen LogP contribution in [0.15, 0.2) is 35.4 Å². The maximum absolute atomic E-state index is 12.4. The van der Waals surface area contributed by atoms with E-state index in [1.54, 1.807) is 0 Å². The smallest absolute Gasteiger partial charge is 0.197 e. The Morgan fingerprint density at radius 3 is 2.05 bits per heavy atom. The van der Waals surface area contributed by atoms with Gasteiger partial charge < -0.3 is 0 Å². The molecule has 0 unspecified atom stereocenters. The minimum absolute atomic E-state index is 0.341. The third kappa shape index (κ3) is 3.53. The number of hydrogen-bond donors (Lipinski definition) is 1. The Morgan fingerprint density at radius 2 is 1.58 bits per heavy atom. The van der Waals surface area contributed by atoms with E-state index >= 15 is 0 Å². The van der Waals surface area contributed by atoms with E-state index in [1.807, 2.05) is 0 Å². The summed E-state index contributed by atoms with van der Waals surface area (Å²) in [7, 11) is -9.59. The highest BCUT2D eigenvalue weighted by Crippen LogP contribution is 3.02. The zero-order valence-corrected chi connectivity index (χ0v) is 10.1. The number of halogens is 5. The molecule has 0 aliphatic heterocycles. The lowest BCUT2D eigenvalue weighted by Gasteiger charge is -2.40. The molecule has 0 aliphatic rings. The SMILES string of the molecule is FS(F)(F)(F)(F)c1ccc(C=Cc2cn[nH]n2)cc1. The maximum atomic E-state index is 12.4. The van der Waals surface area contributed by atoms with E-state index in [0.29, 0.717) is 23.4 Å². The van der Waals surface area contributed by atoms with Crippen molar-refractivity contribution in [1.82, 2.24) is 15.4 Å². The number of H-pyrrole nitrogens is 1. The fraction of sp³-hybridized carbons (Fsp3) is 0. The van der Waals surface area contributed by atoms with E-state index in [-0.39, 0.29) is 0 Å². The Morgan fingerprint density at radius 1 is 0.947 bits per heavy atom. The van der Waals surface area contributed by atoms with Crippen LogP contribution in [0.25, 0.3) is 12.2 Å². The molecule has 0 spiro atoms. The quantitative estimate of drug-likeness (QED) is 0.839. The first-order chi connectivity index (χ1) is 8.54. The lowest BCUT2D eigenvalue weighted by Crippen LogP contribution is -2.05. The molecule has 2 aromatic rings. The van der Waals surface area contributed by atoms with Crippen molar-refractivity contribution in [2.75, 3.05) is 0 Å². The van der Waals surface area contributed by atoms with Crippen LogP contribution in [0, 0.1) is 0 Å². The average Bonchev–Trinajstić information content (AvgIpc) is 2.76. The highest BCUT2D eigenvalue weighted by atomic mass is 32.5. The summed E-state index contributed by atoms with van der Waals surface area (Å²) < 4.78 is 62.2. The van der Waals surface area contributed by atoms with Gasteiger partial charge in [-0.1, -0.05) is 37.6 Å². The van der Waals surface area contributed by atoms with Gasteiger partial charge in [0.1, 0.15) is 10.6 Å². The van der Waals surface area contributed by atoms with Crippen LogP contribution in [0.1, 0.15) is 11.3 Å². The van der Waals surface area contributed by atoms with E-state index in [9.17, 15) is 19.4 Å². The largest absolute Gasteiger partial charge is 0.310 e. The summed E-state index contributed by atoms with van der Waals surface area (Å²) in [5, 5.41) is 9.57. The Labute approximate surface area is 104 Å². The second kappa shape index (κ2) is 3.56. The normalized spacial score (nSPS) is 16.3. The molecular weight excluding hydrogens is 289 g/mol. The van der Waals surface area contributed by atoms with Gasteiger partial charge in [-0.2, -0.15) is 15.4 Å². The Balaban J connectivity index is 2.26. The highest BCUT2D eigenvalue weighted by molar-refractivity contribution is 8.45. The zero-order chi connectivity index (χ0) is 14.2. The van der Waals surface area contributed by atoms with Gasteiger partial charge in [-0.25, -0.2) is 0 Å². The number of benzene rings is 1. The summed E-state index contributed by atoms with van der Waals surface area (Å²) in [6, 6.07) is 2.65. The highest BCUT2D eigenvalue weighted by Gasteiger charge is 2.65. The molecule has 2 rings (SSSR count). The van der Waals surface area contributed by atoms with Gasteiger partial charge >= 0.3 is 10.2 Å².